The molecule has 0 radical (unpaired) electrons. The number of aromatic nitrogens is 5. The number of aliphatic imine (C=N–C) groups is 2. The van der Waals surface area contributed by atoms with E-state index < -0.39 is 105 Å². The molecule has 3 aliphatic rings. The number of hydrogen-bond donors (Lipinski definition) is 5. The van der Waals surface area contributed by atoms with Crippen LogP contribution >= 0.6 is 90.4 Å². The van der Waals surface area contributed by atoms with E-state index in [4.69, 9.17) is 28.8 Å². The molecule has 28 nitrogen and oxygen atoms in total. The third-order valence-corrected chi connectivity index (χ3v) is 18.6. The Morgan fingerprint density at radius 1 is 0.655 bits per heavy atom. The lowest BCUT2D eigenvalue weighted by atomic mass is 10.1. The molecule has 0 unspecified atom stereocenters. The van der Waals surface area contributed by atoms with Gasteiger partial charge in [-0.05, 0) is 210 Å². The van der Waals surface area contributed by atoms with Crippen molar-refractivity contribution in [3.05, 3.63) is 228 Å². The molecule has 110 heavy (non-hydrogen) atoms. The summed E-state index contributed by atoms with van der Waals surface area (Å²) in [6.45, 7) is 8.17. The van der Waals surface area contributed by atoms with Crippen molar-refractivity contribution in [2.45, 2.75) is 84.0 Å². The highest BCUT2D eigenvalue weighted by Crippen LogP contribution is 2.35. The second-order valence-corrected chi connectivity index (χ2v) is 30.8. The number of aliphatic hydroxyl groups excluding tert-OH is 2. The van der Waals surface area contributed by atoms with E-state index in [1.54, 1.807) is 97.0 Å². The van der Waals surface area contributed by atoms with E-state index in [2.05, 4.69) is 25.9 Å². The Morgan fingerprint density at radius 3 is 1.65 bits per heavy atom. The van der Waals surface area contributed by atoms with Crippen molar-refractivity contribution >= 4 is 149 Å². The number of anilines is 4. The highest BCUT2D eigenvalue weighted by molar-refractivity contribution is 14.1. The lowest BCUT2D eigenvalue weighted by Gasteiger charge is -2.26. The average Bonchev–Trinajstić information content (AvgIpc) is 1.02. The Labute approximate surface area is 680 Å². The third kappa shape index (κ3) is 22.6. The maximum absolute atomic E-state index is 14.7. The first-order valence-corrected chi connectivity index (χ1v) is 37.5. The first kappa shape index (κ1) is 87.0. The number of ketones is 1. The van der Waals surface area contributed by atoms with Gasteiger partial charge in [0.2, 0.25) is 5.91 Å². The van der Waals surface area contributed by atoms with E-state index in [0.29, 0.717) is 10.7 Å². The summed E-state index contributed by atoms with van der Waals surface area (Å²) in [6.07, 6.45) is 1.72. The quantitative estimate of drug-likeness (QED) is 0.0156. The molecule has 3 aliphatic heterocycles. The maximum atomic E-state index is 14.7. The molecular weight excluding hydrogens is 1900 g/mol. The van der Waals surface area contributed by atoms with Crippen molar-refractivity contribution in [3.63, 3.8) is 0 Å². The minimum Gasteiger partial charge on any atom is -0.456 e. The number of hydrogen-bond acceptors (Lipinski definition) is 19. The Kier molecular flexibility index (Phi) is 30.1. The highest BCUT2D eigenvalue weighted by Gasteiger charge is 2.36. The number of pyridine rings is 1. The van der Waals surface area contributed by atoms with E-state index in [-0.39, 0.29) is 114 Å². The predicted octanol–water partition coefficient (Wildman–Crippen LogP) is 9.41. The fraction of sp³-hybridized carbons (Fsp3) is 0.315. The van der Waals surface area contributed by atoms with Crippen molar-refractivity contribution in [3.8, 4) is 22.9 Å². The normalized spacial score (nSPS) is 15.9. The van der Waals surface area contributed by atoms with Gasteiger partial charge >= 0.3 is 11.4 Å². The Hall–Kier alpha value is -8.57. The Bertz CT molecular complexity index is 5200. The fourth-order valence-electron chi connectivity index (χ4n) is 10.7. The van der Waals surface area contributed by atoms with Crippen LogP contribution in [0.4, 0.5) is 50.8 Å². The van der Waals surface area contributed by atoms with Crippen LogP contribution in [-0.4, -0.2) is 165 Å². The van der Waals surface area contributed by atoms with Crippen molar-refractivity contribution < 1.29 is 70.2 Å². The minimum atomic E-state index is -1.23. The van der Waals surface area contributed by atoms with Gasteiger partial charge in [0.15, 0.2) is 17.4 Å². The minimum absolute atomic E-state index is 0.000977. The van der Waals surface area contributed by atoms with Crippen LogP contribution < -0.4 is 53.6 Å². The van der Waals surface area contributed by atoms with Gasteiger partial charge in [0.1, 0.15) is 81.6 Å². The number of carbonyl (C=O) groups excluding carboxylic acids is 3. The zero-order valence-corrected chi connectivity index (χ0v) is 69.5. The zero-order valence-electron chi connectivity index (χ0n) is 60.9. The molecule has 8 aromatic rings. The number of benzene rings is 5. The molecule has 37 heteroatoms. The van der Waals surface area contributed by atoms with Crippen LogP contribution in [0.25, 0.3) is 11.4 Å². The number of aliphatic hydroxyl groups is 2. The van der Waals surface area contributed by atoms with Gasteiger partial charge in [0.25, 0.3) is 22.6 Å². The van der Waals surface area contributed by atoms with Crippen molar-refractivity contribution in [1.82, 2.24) is 38.0 Å². The molecule has 0 aliphatic carbocycles. The lowest BCUT2D eigenvalue weighted by molar-refractivity contribution is -0.140. The number of amides is 2. The van der Waals surface area contributed by atoms with Gasteiger partial charge in [-0.3, -0.25) is 47.4 Å². The number of carbonyl (C=O) groups is 3. The number of ether oxygens (including phenoxy) is 5. The van der Waals surface area contributed by atoms with E-state index in [1.165, 1.54) is 112 Å². The summed E-state index contributed by atoms with van der Waals surface area (Å²) in [4.78, 5) is 113. The van der Waals surface area contributed by atoms with Gasteiger partial charge in [-0.1, -0.05) is 6.07 Å². The van der Waals surface area contributed by atoms with Crippen LogP contribution in [0.5, 0.6) is 11.5 Å². The fourth-order valence-corrected chi connectivity index (χ4v) is 12.5. The molecule has 0 spiro atoms. The van der Waals surface area contributed by atoms with E-state index >= 15 is 0 Å². The lowest BCUT2D eigenvalue weighted by Crippen LogP contribution is -2.43. The molecule has 586 valence electrons. The molecular formula is C73H76F5I4N13O15. The molecule has 0 saturated carbocycles. The van der Waals surface area contributed by atoms with Gasteiger partial charge in [-0.2, -0.15) is 0 Å². The van der Waals surface area contributed by atoms with Crippen LogP contribution in [0.3, 0.4) is 0 Å². The van der Waals surface area contributed by atoms with Crippen molar-refractivity contribution in [2.24, 2.45) is 17.0 Å². The van der Waals surface area contributed by atoms with Crippen LogP contribution in [0.15, 0.2) is 155 Å². The van der Waals surface area contributed by atoms with Crippen LogP contribution in [0.1, 0.15) is 50.0 Å². The van der Waals surface area contributed by atoms with Crippen LogP contribution in [0, 0.1) is 50.3 Å². The molecule has 0 bridgehead atoms. The molecule has 5 aromatic carbocycles. The molecule has 2 amide bonds. The molecule has 3 aromatic heterocycles. The Balaban J connectivity index is 0.000000187. The number of halogens is 9. The van der Waals surface area contributed by atoms with Gasteiger partial charge in [0.05, 0.1) is 80.9 Å². The monoisotopic (exact) mass is 1980 g/mol. The van der Waals surface area contributed by atoms with Gasteiger partial charge in [-0.15, -0.1) is 0 Å². The average molecular weight is 1980 g/mol. The number of nitrogens with zero attached hydrogens (tertiary/aromatic N) is 10. The van der Waals surface area contributed by atoms with Crippen LogP contribution in [0.2, 0.25) is 0 Å². The largest absolute Gasteiger partial charge is 0.456 e. The zero-order chi connectivity index (χ0) is 81.0. The molecule has 5 N–H and O–H groups in total. The van der Waals surface area contributed by atoms with Gasteiger partial charge in [0, 0.05) is 93.0 Å². The second kappa shape index (κ2) is 38.1. The number of rotatable bonds is 20. The summed E-state index contributed by atoms with van der Waals surface area (Å²) in [6, 6.07) is 25.5. The smallest absolute Gasteiger partial charge is 0.337 e. The van der Waals surface area contributed by atoms with E-state index in [0.717, 1.165) is 37.4 Å². The summed E-state index contributed by atoms with van der Waals surface area (Å²) in [5, 5.41) is 26.7. The first-order chi connectivity index (χ1) is 51.8. The number of nitrogens with one attached hydrogen (secondary N) is 3. The molecule has 3 atom stereocenters. The van der Waals surface area contributed by atoms with Crippen molar-refractivity contribution in [1.29, 1.82) is 0 Å². The van der Waals surface area contributed by atoms with Crippen molar-refractivity contribution in [2.75, 3.05) is 77.1 Å². The Morgan fingerprint density at radius 2 is 1.15 bits per heavy atom. The SMILES string of the molecule is CN(C)C=NC1=CC(=O)CC(=O)N1c1ccc(I)cc1F.CN(C)C=Nc1cc(=O)n(C[C@@H]2COC(C)(C)O2)c(=O)n1-c1ccc(I)cc1F.CNc1cc(=O)n(C[C@@H]2COC(C)(C)O2)c(=O)n1-c1ccc(I)cc1F.Cc1c(F)cccc1Oc1cc(=O)n(C)c(Nc2ccc(I)cc2F)c1C(=O)NC[C@@H](O)CO. The maximum Gasteiger partial charge on any atom is 0.337 e. The summed E-state index contributed by atoms with van der Waals surface area (Å²) in [5.41, 5.74) is -2.81. The predicted molar refractivity (Wildman–Crippen MR) is 436 cm³/mol. The summed E-state index contributed by atoms with van der Waals surface area (Å²) in [7, 11) is 9.95. The van der Waals surface area contributed by atoms with E-state index in [1.807, 2.05) is 90.4 Å². The number of allylic oxidation sites excluding steroid dienone is 1. The summed E-state index contributed by atoms with van der Waals surface area (Å²) in [5.74, 6) is -5.86. The van der Waals surface area contributed by atoms with Gasteiger partial charge in [-0.25, -0.2) is 50.7 Å². The highest BCUT2D eigenvalue weighted by atomic mass is 127. The van der Waals surface area contributed by atoms with Gasteiger partial charge < -0.3 is 59.6 Å². The first-order valence-electron chi connectivity index (χ1n) is 33.2. The standard InChI is InChI=1S/C23H22F2IN3O5.C19H22FIN4O4.C17H19FIN3O4.C14H13FIN3O2/c1-12-15(24)4-3-5-18(12)34-19-9-20(32)29(2)22(21(19)23(33)27-10-14(31)11-30)28-17-7-6-13(26)8-16(17)25;1-19(2)28-10-13(29-19)9-24-17(26)8-16(22-11-23(3)4)25(18(24)27)15-6-5-12(21)7-14(15)20;1-17(2)25-9-11(26-17)8-21-15(23)7-14(20-3)22(16(21)24)13-5-4-10(19)6-12(13)18;1-18(2)8-17-13-6-10(20)7-14(21)19(13)12-4-3-9(16)5-11(12)15/h3-9,14,28,30-31H,10-11H2,1-2H3,(H,27,33);5-8,11,13H,9-10H2,1-4H3;4-7,11,20H,8-9H2,1-3H3;3-6,8H,7H2,1-2H3/t14-;13-;11-;/m111./s1. The second-order valence-electron chi connectivity index (χ2n) is 25.8. The molecule has 11 rings (SSSR count). The topological polar surface area (TPSA) is 318 Å². The molecule has 6 heterocycles. The molecule has 2 fully saturated rings. The molecule has 2 saturated heterocycles. The summed E-state index contributed by atoms with van der Waals surface area (Å²) < 4.78 is 108. The van der Waals surface area contributed by atoms with E-state index in [9.17, 15) is 65.4 Å². The summed E-state index contributed by atoms with van der Waals surface area (Å²) >= 11 is 7.90. The van der Waals surface area contributed by atoms with Crippen LogP contribution in [-0.2, 0) is 48.7 Å². The third-order valence-electron chi connectivity index (χ3n) is 15.9.